The fraction of sp³-hybridized carbons (Fsp3) is 0.923. The van der Waals surface area contributed by atoms with Crippen LogP contribution in [0, 0.1) is 0 Å². The molecule has 0 radical (unpaired) electrons. The van der Waals surface area contributed by atoms with E-state index in [1.54, 1.807) is 0 Å². The van der Waals surface area contributed by atoms with Gasteiger partial charge in [-0.25, -0.2) is 4.79 Å². The van der Waals surface area contributed by atoms with E-state index in [4.69, 9.17) is 80.5 Å². The van der Waals surface area contributed by atoms with E-state index in [1.165, 1.54) is 6.92 Å². The predicted octanol–water partition coefficient (Wildman–Crippen LogP) is -19.8. The first-order valence-electron chi connectivity index (χ1n) is 37.1. The van der Waals surface area contributed by atoms with Crippen molar-refractivity contribution in [3.63, 3.8) is 0 Å². The van der Waals surface area contributed by atoms with Gasteiger partial charge < -0.3 is 235 Å². The van der Waals surface area contributed by atoms with Crippen LogP contribution in [0.5, 0.6) is 0 Å². The molecule has 0 spiro atoms. The Morgan fingerprint density at radius 1 is 0.385 bits per heavy atom. The molecular weight excluding hydrogens is 1600 g/mol. The molecule has 676 valence electrons. The number of nitrogens with one attached hydrogen (secondary N) is 4. The van der Waals surface area contributed by atoms with Crippen molar-refractivity contribution in [1.29, 1.82) is 0 Å². The molecule has 1 unspecified atom stereocenters. The van der Waals surface area contributed by atoms with E-state index in [-0.39, 0.29) is 0 Å². The maximum absolute atomic E-state index is 13.4. The molecule has 52 heteroatoms. The van der Waals surface area contributed by atoms with Crippen LogP contribution in [0.1, 0.15) is 41.0 Å². The summed E-state index contributed by atoms with van der Waals surface area (Å²) in [6, 6.07) is -7.88. The molecule has 9 aliphatic heterocycles. The Bertz CT molecular complexity index is 3190. The van der Waals surface area contributed by atoms with E-state index in [1.807, 2.05) is 0 Å². The number of carboxylic acid groups (broad SMARTS) is 1. The Balaban J connectivity index is 1.19. The number of aliphatic carboxylic acids is 1. The maximum atomic E-state index is 13.4. The summed E-state index contributed by atoms with van der Waals surface area (Å²) >= 11 is 0. The molecule has 9 saturated heterocycles. The number of carbonyl (C=O) groups is 5. The van der Waals surface area contributed by atoms with Crippen LogP contribution in [-0.2, 0) is 104 Å². The summed E-state index contributed by atoms with van der Waals surface area (Å²) in [6.45, 7) is -4.65. The van der Waals surface area contributed by atoms with Crippen LogP contribution < -0.4 is 21.3 Å². The molecule has 4 amide bonds. The molecule has 0 bridgehead atoms. The SMILES string of the molecule is CC(=O)N[C@H]1[C@H](OC[C@H]2O[C@@H](O[C@H]3[C@@H](O)[C@@H](CO[C@]4(C(=O)O)C[C@H](O)[C@@H](NC(=O)CO)[C@H]([C@H](O)[C@H](O)CO)O4)OC(O)[C@@H]3NC(C)=O)[C@H](O[C@@H]3O[C@@H](C)[C@@H](O)[C@@H](O)[C@@H]3O)[C@@H](O[C@@H]3O[C@H](CO)[C@H](O)[C@H](O[C@H]4O[C@H](CO)[C@H](O)[C@H](O[C@H]5O[C@H](CO)[C@H](O)[C@H](O)[C@H]5O)[C@H]4NC(C)=O)[C@H]3O[C@@H]3O[C@@H](C)[C@@H](O)[C@@H](O)[C@@H]3O)[C@H]2O)O[C@H](CO)[C@@H](O)[C@H]1O. The lowest BCUT2D eigenvalue weighted by Gasteiger charge is -2.53. The van der Waals surface area contributed by atoms with E-state index in [2.05, 4.69) is 21.3 Å². The summed E-state index contributed by atoms with van der Waals surface area (Å²) in [7, 11) is 0. The molecule has 9 heterocycles. The first-order chi connectivity index (χ1) is 55.1. The van der Waals surface area contributed by atoms with Gasteiger partial charge >= 0.3 is 5.97 Å². The number of aliphatic hydroxyl groups excluding tert-OH is 25. The summed E-state index contributed by atoms with van der Waals surface area (Å²) in [6.07, 6.45) is -92.1. The molecule has 0 aliphatic carbocycles. The van der Waals surface area contributed by atoms with Crippen LogP contribution in [0.2, 0.25) is 0 Å². The van der Waals surface area contributed by atoms with E-state index in [0.717, 1.165) is 27.7 Å². The average molecular weight is 1710 g/mol. The van der Waals surface area contributed by atoms with Gasteiger partial charge in [0, 0.05) is 27.2 Å². The van der Waals surface area contributed by atoms with Crippen molar-refractivity contribution >= 4 is 29.6 Å². The van der Waals surface area contributed by atoms with Crippen molar-refractivity contribution in [1.82, 2.24) is 21.3 Å². The van der Waals surface area contributed by atoms with Gasteiger partial charge in [-0.2, -0.15) is 0 Å². The van der Waals surface area contributed by atoms with Crippen LogP contribution in [0.25, 0.3) is 0 Å². The van der Waals surface area contributed by atoms with Crippen molar-refractivity contribution in [2.75, 3.05) is 52.9 Å². The Kier molecular flexibility index (Phi) is 34.2. The average Bonchev–Trinajstić information content (AvgIpc) is 0.756. The predicted molar refractivity (Wildman–Crippen MR) is 359 cm³/mol. The summed E-state index contributed by atoms with van der Waals surface area (Å²) in [4.78, 5) is 65.1. The van der Waals surface area contributed by atoms with Crippen molar-refractivity contribution < 1.29 is 237 Å². The first-order valence-corrected chi connectivity index (χ1v) is 37.1. The number of hydrogen-bond donors (Lipinski definition) is 30. The Hall–Kier alpha value is -4.33. The van der Waals surface area contributed by atoms with Crippen LogP contribution in [0.4, 0.5) is 0 Å². The van der Waals surface area contributed by atoms with Crippen LogP contribution in [0.15, 0.2) is 0 Å². The molecule has 46 atom stereocenters. The van der Waals surface area contributed by atoms with Crippen molar-refractivity contribution in [2.45, 2.75) is 323 Å². The molecular formula is C65H108N4O48. The topological polar surface area (TPSA) is 816 Å². The van der Waals surface area contributed by atoms with Gasteiger partial charge in [-0.05, 0) is 13.8 Å². The second kappa shape index (κ2) is 41.4. The zero-order valence-corrected chi connectivity index (χ0v) is 63.0. The molecule has 117 heavy (non-hydrogen) atoms. The van der Waals surface area contributed by atoms with E-state index in [0.29, 0.717) is 0 Å². The molecule has 0 saturated carbocycles. The van der Waals surface area contributed by atoms with Gasteiger partial charge in [0.05, 0.1) is 70.6 Å². The van der Waals surface area contributed by atoms with Crippen molar-refractivity contribution in [3.05, 3.63) is 0 Å². The fourth-order valence-corrected chi connectivity index (χ4v) is 14.9. The zero-order valence-electron chi connectivity index (χ0n) is 63.0. The zero-order chi connectivity index (χ0) is 86.6. The number of ether oxygens (including phenoxy) is 17. The van der Waals surface area contributed by atoms with Gasteiger partial charge in [0.2, 0.25) is 23.6 Å². The van der Waals surface area contributed by atoms with Crippen LogP contribution >= 0.6 is 0 Å². The highest BCUT2D eigenvalue weighted by Crippen LogP contribution is 2.42. The fourth-order valence-electron chi connectivity index (χ4n) is 14.9. The van der Waals surface area contributed by atoms with E-state index >= 15 is 0 Å². The molecule has 9 aliphatic rings. The molecule has 9 fully saturated rings. The van der Waals surface area contributed by atoms with Gasteiger partial charge in [-0.15, -0.1) is 0 Å². The minimum absolute atomic E-state index is 0.864. The number of aliphatic hydroxyl groups is 25. The molecule has 0 aromatic carbocycles. The third kappa shape index (κ3) is 21.4. The van der Waals surface area contributed by atoms with E-state index < -0.39 is 371 Å². The van der Waals surface area contributed by atoms with E-state index in [9.17, 15) is 157 Å². The number of rotatable bonds is 31. The standard InChI is InChI=1S/C65H108N4O48/c1-15-33(82)43(92)46(95)59(103-15)115-54-52(113-58-32(68-19(5)78)50(38(87)24(10-73)107-58)111-61-48(97)45(94)37(86)23(9-72)108-61)39(88)25(11-74)109-62(54)114-53-41(90)26(13-101-57-30(66-17(3)76)42(91)36(85)22(8-71)106-57)110-63(55(53)116-60-47(96)44(93)34(83)16(2)104-60)112-49-31(67-18(4)77)56(98)105-27(40(49)89)14-102-65(64(99)100)6-20(79)29(69-28(81)12-75)51(117-65)35(84)21(80)7-70/h15-16,20-27,29-63,70-75,79-80,82-98H,6-14H2,1-5H3,(H,66,76)(H,67,77)(H,68,78)(H,69,81)(H,99,100)/t15-,16-,20-,21+,22+,23+,24+,25+,26+,27+,29+,30+,31+,32+,33+,34+,35+,36+,37-,38-,39-,40-,41-,42-,43+,44+,45-,46-,47-,48+,49+,50+,51+,52-,53-,54+,55+,56?,57+,58+,59-,60-,61+,62-,63-,65+/m0/s1. The smallest absolute Gasteiger partial charge is 0.364 e. The van der Waals surface area contributed by atoms with Gasteiger partial charge in [-0.3, -0.25) is 19.2 Å². The Morgan fingerprint density at radius 3 is 1.26 bits per heavy atom. The van der Waals surface area contributed by atoms with Crippen molar-refractivity contribution in [3.8, 4) is 0 Å². The first kappa shape index (κ1) is 96.5. The minimum atomic E-state index is -3.27. The highest BCUT2D eigenvalue weighted by molar-refractivity contribution is 5.78. The highest BCUT2D eigenvalue weighted by Gasteiger charge is 2.63. The van der Waals surface area contributed by atoms with Crippen molar-refractivity contribution in [2.24, 2.45) is 0 Å². The Morgan fingerprint density at radius 2 is 0.761 bits per heavy atom. The number of carboxylic acids is 1. The lowest BCUT2D eigenvalue weighted by Crippen LogP contribution is -2.71. The summed E-state index contributed by atoms with van der Waals surface area (Å²) < 4.78 is 103. The quantitative estimate of drug-likeness (QED) is 0.0306. The Labute approximate surface area is 662 Å². The third-order valence-electron chi connectivity index (χ3n) is 21.4. The largest absolute Gasteiger partial charge is 0.477 e. The lowest BCUT2D eigenvalue weighted by atomic mass is 9.88. The summed E-state index contributed by atoms with van der Waals surface area (Å²) in [5, 5.41) is 299. The number of amides is 4. The highest BCUT2D eigenvalue weighted by atomic mass is 16.8. The van der Waals surface area contributed by atoms with Crippen LogP contribution in [-0.4, -0.2) is 497 Å². The molecule has 0 aromatic heterocycles. The number of hydrogen-bond acceptors (Lipinski definition) is 47. The van der Waals surface area contributed by atoms with Crippen LogP contribution in [0.3, 0.4) is 0 Å². The molecule has 9 rings (SSSR count). The summed E-state index contributed by atoms with van der Waals surface area (Å²) in [5.41, 5.74) is 0. The second-order valence-corrected chi connectivity index (χ2v) is 29.6. The molecule has 30 N–H and O–H groups in total. The molecule has 52 nitrogen and oxygen atoms in total. The van der Waals surface area contributed by atoms with Gasteiger partial charge in [-0.1, -0.05) is 0 Å². The number of carbonyl (C=O) groups excluding carboxylic acids is 4. The third-order valence-corrected chi connectivity index (χ3v) is 21.4. The van der Waals surface area contributed by atoms with Gasteiger partial charge in [0.25, 0.3) is 5.79 Å². The van der Waals surface area contributed by atoms with Gasteiger partial charge in [0.1, 0.15) is 208 Å². The summed E-state index contributed by atoms with van der Waals surface area (Å²) in [5.74, 6) is -9.63. The monoisotopic (exact) mass is 1710 g/mol. The maximum Gasteiger partial charge on any atom is 0.364 e. The lowest BCUT2D eigenvalue weighted by molar-refractivity contribution is -0.418. The second-order valence-electron chi connectivity index (χ2n) is 29.6. The normalized spacial score (nSPS) is 47.9. The molecule has 0 aromatic rings. The minimum Gasteiger partial charge on any atom is -0.477 e. The van der Waals surface area contributed by atoms with Gasteiger partial charge in [0.15, 0.2) is 50.3 Å².